The zero-order chi connectivity index (χ0) is 14.4. The molecule has 1 aliphatic rings. The van der Waals surface area contributed by atoms with Gasteiger partial charge in [-0.05, 0) is 23.0 Å². The summed E-state index contributed by atoms with van der Waals surface area (Å²) in [6.45, 7) is 8.79. The van der Waals surface area contributed by atoms with Crippen LogP contribution in [0.2, 0.25) is 0 Å². The highest BCUT2D eigenvalue weighted by molar-refractivity contribution is 5.47. The molecule has 0 heterocycles. The van der Waals surface area contributed by atoms with Gasteiger partial charge in [-0.25, -0.2) is 0 Å². The van der Waals surface area contributed by atoms with Gasteiger partial charge >= 0.3 is 0 Å². The lowest BCUT2D eigenvalue weighted by Crippen LogP contribution is -2.09. The van der Waals surface area contributed by atoms with E-state index in [1.54, 1.807) is 14.2 Å². The first-order chi connectivity index (χ1) is 8.79. The average Bonchev–Trinajstić information content (AvgIpc) is 2.77. The van der Waals surface area contributed by atoms with Crippen LogP contribution in [0.15, 0.2) is 18.2 Å². The molecule has 0 spiro atoms. The van der Waals surface area contributed by atoms with Crippen LogP contribution >= 0.6 is 0 Å². The minimum Gasteiger partial charge on any atom is -0.496 e. The third-order valence-electron chi connectivity index (χ3n) is 5.21. The molecule has 3 nitrogen and oxygen atoms in total. The minimum atomic E-state index is -0.573. The van der Waals surface area contributed by atoms with Gasteiger partial charge in [-0.3, -0.25) is 0 Å². The molecule has 1 aliphatic carbocycles. The fraction of sp³-hybridized carbons (Fsp3) is 0.625. The Morgan fingerprint density at radius 1 is 1.00 bits per heavy atom. The van der Waals surface area contributed by atoms with E-state index in [0.29, 0.717) is 11.5 Å². The standard InChI is InChI=1S/C16H24O3/c1-15(2)14(16(15,3)4)13(17)12-10(18-5)8-7-9-11(12)19-6/h7-9,13-14,17H,1-6H3. The molecule has 1 saturated carbocycles. The van der Waals surface area contributed by atoms with E-state index in [0.717, 1.165) is 5.56 Å². The Hall–Kier alpha value is -1.22. The van der Waals surface area contributed by atoms with Gasteiger partial charge in [-0.2, -0.15) is 0 Å². The van der Waals surface area contributed by atoms with Crippen LogP contribution in [0.25, 0.3) is 0 Å². The van der Waals surface area contributed by atoms with E-state index in [-0.39, 0.29) is 16.7 Å². The summed E-state index contributed by atoms with van der Waals surface area (Å²) in [7, 11) is 3.24. The van der Waals surface area contributed by atoms with E-state index in [1.807, 2.05) is 18.2 Å². The Morgan fingerprint density at radius 2 is 1.42 bits per heavy atom. The smallest absolute Gasteiger partial charge is 0.128 e. The highest BCUT2D eigenvalue weighted by atomic mass is 16.5. The highest BCUT2D eigenvalue weighted by Gasteiger charge is 2.67. The molecule has 1 N–H and O–H groups in total. The zero-order valence-corrected chi connectivity index (χ0v) is 12.7. The van der Waals surface area contributed by atoms with Crippen LogP contribution in [0.5, 0.6) is 11.5 Å². The van der Waals surface area contributed by atoms with Crippen molar-refractivity contribution in [2.45, 2.75) is 33.8 Å². The summed E-state index contributed by atoms with van der Waals surface area (Å²) < 4.78 is 10.8. The Kier molecular flexibility index (Phi) is 3.29. The molecule has 2 rings (SSSR count). The molecule has 0 aromatic heterocycles. The van der Waals surface area contributed by atoms with Crippen molar-refractivity contribution in [2.75, 3.05) is 14.2 Å². The van der Waals surface area contributed by atoms with Gasteiger partial charge in [0.1, 0.15) is 11.5 Å². The maximum absolute atomic E-state index is 10.8. The molecular weight excluding hydrogens is 240 g/mol. The number of hydrogen-bond donors (Lipinski definition) is 1. The van der Waals surface area contributed by atoms with Gasteiger partial charge in [0.15, 0.2) is 0 Å². The Labute approximate surface area is 115 Å². The fourth-order valence-electron chi connectivity index (χ4n) is 3.37. The van der Waals surface area contributed by atoms with Crippen LogP contribution < -0.4 is 9.47 Å². The Morgan fingerprint density at radius 3 is 1.74 bits per heavy atom. The van der Waals surface area contributed by atoms with Crippen molar-refractivity contribution < 1.29 is 14.6 Å². The minimum absolute atomic E-state index is 0.109. The first kappa shape index (κ1) is 14.2. The van der Waals surface area contributed by atoms with Crippen molar-refractivity contribution in [2.24, 2.45) is 16.7 Å². The number of aliphatic hydroxyl groups excluding tert-OH is 1. The van der Waals surface area contributed by atoms with E-state index in [2.05, 4.69) is 27.7 Å². The van der Waals surface area contributed by atoms with Gasteiger partial charge in [0.25, 0.3) is 0 Å². The van der Waals surface area contributed by atoms with E-state index < -0.39 is 6.10 Å². The quantitative estimate of drug-likeness (QED) is 0.905. The number of ether oxygens (including phenoxy) is 2. The topological polar surface area (TPSA) is 38.7 Å². The average molecular weight is 264 g/mol. The molecule has 1 fully saturated rings. The Bertz CT molecular complexity index is 441. The number of methoxy groups -OCH3 is 2. The molecule has 0 amide bonds. The maximum atomic E-state index is 10.8. The van der Waals surface area contributed by atoms with Crippen molar-refractivity contribution in [3.8, 4) is 11.5 Å². The summed E-state index contributed by atoms with van der Waals surface area (Å²) >= 11 is 0. The summed E-state index contributed by atoms with van der Waals surface area (Å²) in [5.74, 6) is 1.57. The van der Waals surface area contributed by atoms with Gasteiger partial charge in [0.05, 0.1) is 25.9 Å². The van der Waals surface area contributed by atoms with Crippen molar-refractivity contribution in [3.63, 3.8) is 0 Å². The van der Waals surface area contributed by atoms with E-state index in [9.17, 15) is 5.11 Å². The van der Waals surface area contributed by atoms with Gasteiger partial charge in [0, 0.05) is 5.92 Å². The molecule has 3 heteroatoms. The summed E-state index contributed by atoms with van der Waals surface area (Å²) in [4.78, 5) is 0. The lowest BCUT2D eigenvalue weighted by atomic mass is 9.97. The Balaban J connectivity index is 2.43. The van der Waals surface area contributed by atoms with Crippen LogP contribution in [0.1, 0.15) is 39.4 Å². The normalized spacial score (nSPS) is 21.8. The van der Waals surface area contributed by atoms with Crippen LogP contribution in [0.3, 0.4) is 0 Å². The van der Waals surface area contributed by atoms with Gasteiger partial charge in [0.2, 0.25) is 0 Å². The molecule has 106 valence electrons. The highest BCUT2D eigenvalue weighted by Crippen LogP contribution is 2.73. The molecule has 1 atom stereocenters. The molecule has 19 heavy (non-hydrogen) atoms. The SMILES string of the molecule is COc1cccc(OC)c1C(O)C1C(C)(C)C1(C)C. The fourth-order valence-corrected chi connectivity index (χ4v) is 3.37. The first-order valence-corrected chi connectivity index (χ1v) is 6.68. The van der Waals surface area contributed by atoms with E-state index in [1.165, 1.54) is 0 Å². The van der Waals surface area contributed by atoms with Crippen LogP contribution in [0.4, 0.5) is 0 Å². The van der Waals surface area contributed by atoms with E-state index in [4.69, 9.17) is 9.47 Å². The van der Waals surface area contributed by atoms with Gasteiger partial charge < -0.3 is 14.6 Å². The van der Waals surface area contributed by atoms with Crippen LogP contribution in [-0.2, 0) is 0 Å². The monoisotopic (exact) mass is 264 g/mol. The summed E-state index contributed by atoms with van der Waals surface area (Å²) in [5.41, 5.74) is 0.979. The number of benzene rings is 1. The molecule has 0 aliphatic heterocycles. The first-order valence-electron chi connectivity index (χ1n) is 6.68. The number of hydrogen-bond acceptors (Lipinski definition) is 3. The molecule has 1 unspecified atom stereocenters. The van der Waals surface area contributed by atoms with Crippen LogP contribution in [0, 0.1) is 16.7 Å². The number of rotatable bonds is 4. The van der Waals surface area contributed by atoms with E-state index >= 15 is 0 Å². The molecule has 1 aromatic carbocycles. The third-order valence-corrected chi connectivity index (χ3v) is 5.21. The number of aliphatic hydroxyl groups is 1. The lowest BCUT2D eigenvalue weighted by molar-refractivity contribution is 0.124. The maximum Gasteiger partial charge on any atom is 0.128 e. The largest absolute Gasteiger partial charge is 0.496 e. The van der Waals surface area contributed by atoms with Gasteiger partial charge in [-0.15, -0.1) is 0 Å². The molecule has 1 aromatic rings. The molecule has 0 radical (unpaired) electrons. The second-order valence-electron chi connectivity index (χ2n) is 6.44. The predicted octanol–water partition coefficient (Wildman–Crippen LogP) is 3.42. The summed E-state index contributed by atoms with van der Waals surface area (Å²) in [5, 5.41) is 10.8. The molecular formula is C16H24O3. The molecule has 0 saturated heterocycles. The summed E-state index contributed by atoms with van der Waals surface area (Å²) in [6.07, 6.45) is -0.573. The second kappa shape index (κ2) is 4.41. The zero-order valence-electron chi connectivity index (χ0n) is 12.7. The van der Waals surface area contributed by atoms with Crippen molar-refractivity contribution in [3.05, 3.63) is 23.8 Å². The van der Waals surface area contributed by atoms with Crippen molar-refractivity contribution in [1.82, 2.24) is 0 Å². The lowest BCUT2D eigenvalue weighted by Gasteiger charge is -2.19. The third kappa shape index (κ3) is 1.91. The molecule has 0 bridgehead atoms. The van der Waals surface area contributed by atoms with Crippen molar-refractivity contribution >= 4 is 0 Å². The predicted molar refractivity (Wildman–Crippen MR) is 75.6 cm³/mol. The second-order valence-corrected chi connectivity index (χ2v) is 6.44. The van der Waals surface area contributed by atoms with Crippen molar-refractivity contribution in [1.29, 1.82) is 0 Å². The van der Waals surface area contributed by atoms with Gasteiger partial charge in [-0.1, -0.05) is 33.8 Å². The summed E-state index contributed by atoms with van der Waals surface area (Å²) in [6, 6.07) is 5.60. The van der Waals surface area contributed by atoms with Crippen LogP contribution in [-0.4, -0.2) is 19.3 Å².